The first-order valence-electron chi connectivity index (χ1n) is 8.20. The molecule has 2 aromatic carbocycles. The summed E-state index contributed by atoms with van der Waals surface area (Å²) in [6.45, 7) is 2.05. The zero-order chi connectivity index (χ0) is 19.7. The molecule has 0 aliphatic heterocycles. The zero-order valence-corrected chi connectivity index (χ0v) is 17.7. The van der Waals surface area contributed by atoms with Crippen molar-refractivity contribution in [2.75, 3.05) is 5.32 Å². The first kappa shape index (κ1) is 19.3. The molecule has 0 saturated carbocycles. The third kappa shape index (κ3) is 4.20. The Morgan fingerprint density at radius 1 is 1.18 bits per heavy atom. The fraction of sp³-hybridized carbons (Fsp3) is 0.105. The summed E-state index contributed by atoms with van der Waals surface area (Å²) in [4.78, 5) is 12.9. The highest BCUT2D eigenvalue weighted by molar-refractivity contribution is 8.00. The van der Waals surface area contributed by atoms with Crippen LogP contribution in [-0.2, 0) is 5.75 Å². The third-order valence-electron chi connectivity index (χ3n) is 3.91. The molecule has 0 bridgehead atoms. The van der Waals surface area contributed by atoms with Crippen molar-refractivity contribution in [3.63, 3.8) is 0 Å². The van der Waals surface area contributed by atoms with Crippen LogP contribution in [0.3, 0.4) is 0 Å². The fourth-order valence-corrected chi connectivity index (χ4v) is 5.63. The standard InChI is InChI=1S/C19H13ClFN3OS3/c1-10-2-4-11(5-3-10)9-26-19-24-23-18(28-19)22-17(25)16-15(20)13-7-6-12(21)8-14(13)27-16/h2-8H,9H2,1H3,(H,22,23,25). The lowest BCUT2D eigenvalue weighted by atomic mass is 10.2. The molecule has 0 spiro atoms. The number of nitrogens with one attached hydrogen (secondary N) is 1. The number of amides is 1. The summed E-state index contributed by atoms with van der Waals surface area (Å²) in [5.41, 5.74) is 2.41. The highest BCUT2D eigenvalue weighted by Crippen LogP contribution is 2.36. The second kappa shape index (κ2) is 8.16. The summed E-state index contributed by atoms with van der Waals surface area (Å²) in [5.74, 6) is 0.0332. The lowest BCUT2D eigenvalue weighted by molar-refractivity contribution is 0.103. The monoisotopic (exact) mass is 449 g/mol. The zero-order valence-electron chi connectivity index (χ0n) is 14.5. The number of benzene rings is 2. The van der Waals surface area contributed by atoms with Crippen molar-refractivity contribution in [2.45, 2.75) is 17.0 Å². The molecule has 1 N–H and O–H groups in total. The number of rotatable bonds is 5. The van der Waals surface area contributed by atoms with E-state index in [0.29, 0.717) is 25.1 Å². The Morgan fingerprint density at radius 3 is 2.75 bits per heavy atom. The van der Waals surface area contributed by atoms with Crippen LogP contribution in [0, 0.1) is 12.7 Å². The average Bonchev–Trinajstić information content (AvgIpc) is 3.25. The summed E-state index contributed by atoms with van der Waals surface area (Å²) >= 11 is 10.3. The highest BCUT2D eigenvalue weighted by Gasteiger charge is 2.19. The van der Waals surface area contributed by atoms with Crippen LogP contribution in [0.1, 0.15) is 20.8 Å². The van der Waals surface area contributed by atoms with Crippen LogP contribution in [0.4, 0.5) is 9.52 Å². The third-order valence-corrected chi connectivity index (χ3v) is 7.61. The van der Waals surface area contributed by atoms with E-state index in [2.05, 4.69) is 46.7 Å². The Morgan fingerprint density at radius 2 is 1.96 bits per heavy atom. The first-order valence-corrected chi connectivity index (χ1v) is 11.2. The molecule has 1 amide bonds. The summed E-state index contributed by atoms with van der Waals surface area (Å²) in [6.07, 6.45) is 0. The SMILES string of the molecule is Cc1ccc(CSc2nnc(NC(=O)c3sc4cc(F)ccc4c3Cl)s2)cc1. The Balaban J connectivity index is 1.44. The van der Waals surface area contributed by atoms with E-state index in [1.807, 2.05) is 0 Å². The maximum Gasteiger partial charge on any atom is 0.269 e. The van der Waals surface area contributed by atoms with E-state index in [4.69, 9.17) is 11.6 Å². The van der Waals surface area contributed by atoms with E-state index in [-0.39, 0.29) is 11.7 Å². The first-order chi connectivity index (χ1) is 13.5. The number of aryl methyl sites for hydroxylation is 1. The average molecular weight is 450 g/mol. The molecule has 4 rings (SSSR count). The van der Waals surface area contributed by atoms with Gasteiger partial charge < -0.3 is 0 Å². The van der Waals surface area contributed by atoms with Gasteiger partial charge in [-0.2, -0.15) is 0 Å². The number of aromatic nitrogens is 2. The molecule has 0 atom stereocenters. The molecule has 0 fully saturated rings. The molecule has 28 heavy (non-hydrogen) atoms. The number of fused-ring (bicyclic) bond motifs is 1. The normalized spacial score (nSPS) is 11.1. The fourth-order valence-electron chi connectivity index (χ4n) is 2.49. The Labute approximate surface area is 177 Å². The van der Waals surface area contributed by atoms with Gasteiger partial charge in [0.15, 0.2) is 4.34 Å². The van der Waals surface area contributed by atoms with E-state index < -0.39 is 0 Å². The Bertz CT molecular complexity index is 1160. The number of halogens is 2. The van der Waals surface area contributed by atoms with Crippen molar-refractivity contribution in [2.24, 2.45) is 0 Å². The van der Waals surface area contributed by atoms with E-state index in [1.165, 1.54) is 34.6 Å². The van der Waals surface area contributed by atoms with Crippen molar-refractivity contribution in [1.82, 2.24) is 10.2 Å². The number of hydrogen-bond acceptors (Lipinski definition) is 6. The lowest BCUT2D eigenvalue weighted by Gasteiger charge is -1.99. The van der Waals surface area contributed by atoms with Crippen LogP contribution in [0.2, 0.25) is 5.02 Å². The maximum absolute atomic E-state index is 13.4. The molecule has 2 heterocycles. The number of carbonyl (C=O) groups excluding carboxylic acids is 1. The predicted octanol–water partition coefficient (Wildman–Crippen LogP) is 6.40. The van der Waals surface area contributed by atoms with Gasteiger partial charge >= 0.3 is 0 Å². The van der Waals surface area contributed by atoms with Crippen molar-refractivity contribution in [3.05, 3.63) is 69.3 Å². The summed E-state index contributed by atoms with van der Waals surface area (Å²) in [7, 11) is 0. The van der Waals surface area contributed by atoms with Crippen molar-refractivity contribution in [3.8, 4) is 0 Å². The van der Waals surface area contributed by atoms with Crippen LogP contribution in [0.5, 0.6) is 0 Å². The number of thiophene rings is 1. The molecule has 142 valence electrons. The number of nitrogens with zero attached hydrogens (tertiary/aromatic N) is 2. The maximum atomic E-state index is 13.4. The summed E-state index contributed by atoms with van der Waals surface area (Å²) in [5, 5.41) is 12.2. The molecule has 0 unspecified atom stereocenters. The van der Waals surface area contributed by atoms with E-state index in [1.54, 1.807) is 17.8 Å². The molecule has 9 heteroatoms. The molecule has 4 aromatic rings. The van der Waals surface area contributed by atoms with Crippen LogP contribution >= 0.6 is 46.0 Å². The van der Waals surface area contributed by atoms with Crippen molar-refractivity contribution in [1.29, 1.82) is 0 Å². The number of anilines is 1. The number of thioether (sulfide) groups is 1. The van der Waals surface area contributed by atoms with Crippen LogP contribution in [-0.4, -0.2) is 16.1 Å². The van der Waals surface area contributed by atoms with Gasteiger partial charge in [-0.05, 0) is 30.7 Å². The van der Waals surface area contributed by atoms with Gasteiger partial charge in [0.2, 0.25) is 5.13 Å². The lowest BCUT2D eigenvalue weighted by Crippen LogP contribution is -2.10. The number of carbonyl (C=O) groups is 1. The number of hydrogen-bond donors (Lipinski definition) is 1. The predicted molar refractivity (Wildman–Crippen MR) is 115 cm³/mol. The smallest absolute Gasteiger partial charge is 0.269 e. The van der Waals surface area contributed by atoms with E-state index in [0.717, 1.165) is 21.4 Å². The van der Waals surface area contributed by atoms with Gasteiger partial charge in [0.1, 0.15) is 10.7 Å². The molecular weight excluding hydrogens is 437 g/mol. The van der Waals surface area contributed by atoms with E-state index >= 15 is 0 Å². The quantitative estimate of drug-likeness (QED) is 0.283. The van der Waals surface area contributed by atoms with Gasteiger partial charge in [-0.1, -0.05) is 64.5 Å². The second-order valence-corrected chi connectivity index (χ2v) is 9.62. The van der Waals surface area contributed by atoms with Crippen LogP contribution in [0.15, 0.2) is 46.8 Å². The minimum Gasteiger partial charge on any atom is -0.296 e. The molecule has 0 radical (unpaired) electrons. The molecule has 0 aliphatic carbocycles. The van der Waals surface area contributed by atoms with Gasteiger partial charge in [-0.25, -0.2) is 4.39 Å². The highest BCUT2D eigenvalue weighted by atomic mass is 35.5. The van der Waals surface area contributed by atoms with E-state index in [9.17, 15) is 9.18 Å². The van der Waals surface area contributed by atoms with Crippen LogP contribution in [0.25, 0.3) is 10.1 Å². The topological polar surface area (TPSA) is 54.9 Å². The molecule has 4 nitrogen and oxygen atoms in total. The summed E-state index contributed by atoms with van der Waals surface area (Å²) in [6, 6.07) is 12.6. The van der Waals surface area contributed by atoms with Crippen molar-refractivity contribution < 1.29 is 9.18 Å². The van der Waals surface area contributed by atoms with Crippen molar-refractivity contribution >= 4 is 67.2 Å². The van der Waals surface area contributed by atoms with Gasteiger partial charge in [-0.3, -0.25) is 10.1 Å². The van der Waals surface area contributed by atoms with Gasteiger partial charge in [-0.15, -0.1) is 21.5 Å². The van der Waals surface area contributed by atoms with Gasteiger partial charge in [0.05, 0.1) is 5.02 Å². The Kier molecular flexibility index (Phi) is 5.63. The van der Waals surface area contributed by atoms with Gasteiger partial charge in [0, 0.05) is 15.8 Å². The second-order valence-electron chi connectivity index (χ2n) is 5.99. The molecule has 0 saturated heterocycles. The largest absolute Gasteiger partial charge is 0.296 e. The molecular formula is C19H13ClFN3OS3. The van der Waals surface area contributed by atoms with Gasteiger partial charge in [0.25, 0.3) is 5.91 Å². The Hall–Kier alpha value is -2.00. The summed E-state index contributed by atoms with van der Waals surface area (Å²) < 4.78 is 14.8. The minimum absolute atomic E-state index is 0.316. The minimum atomic E-state index is -0.377. The molecule has 0 aliphatic rings. The molecule has 2 aromatic heterocycles. The van der Waals surface area contributed by atoms with Crippen LogP contribution < -0.4 is 5.32 Å².